The lowest BCUT2D eigenvalue weighted by molar-refractivity contribution is -0.167. The number of carbonyl (C=O) groups is 3. The van der Waals surface area contributed by atoms with E-state index in [-0.39, 0.29) is 31.1 Å². The molecule has 1 unspecified atom stereocenters. The zero-order valence-corrected chi connectivity index (χ0v) is 35.0. The lowest BCUT2D eigenvalue weighted by Gasteiger charge is -2.18. The minimum absolute atomic E-state index is 0.0745. The van der Waals surface area contributed by atoms with Crippen molar-refractivity contribution in [1.82, 2.24) is 0 Å². The van der Waals surface area contributed by atoms with Crippen molar-refractivity contribution in [2.75, 3.05) is 13.2 Å². The van der Waals surface area contributed by atoms with Crippen molar-refractivity contribution in [3.8, 4) is 0 Å². The monoisotopic (exact) mass is 745 g/mol. The first kappa shape index (κ1) is 50.6. The third kappa shape index (κ3) is 40.6. The van der Waals surface area contributed by atoms with E-state index in [4.69, 9.17) is 14.2 Å². The van der Waals surface area contributed by atoms with Gasteiger partial charge in [0, 0.05) is 19.3 Å². The van der Waals surface area contributed by atoms with Gasteiger partial charge in [-0.2, -0.15) is 0 Å². The van der Waals surface area contributed by atoms with E-state index in [0.717, 1.165) is 83.5 Å². The van der Waals surface area contributed by atoms with E-state index in [1.54, 1.807) is 0 Å². The number of hydrogen-bond donors (Lipinski definition) is 0. The molecule has 0 amide bonds. The molecule has 0 saturated carbocycles. The molecule has 1 atom stereocenters. The lowest BCUT2D eigenvalue weighted by atomic mass is 10.1. The number of esters is 3. The predicted octanol–water partition coefficient (Wildman–Crippen LogP) is 14.2. The van der Waals surface area contributed by atoms with Crippen LogP contribution in [0.15, 0.2) is 36.5 Å². The fourth-order valence-electron chi connectivity index (χ4n) is 6.21. The fraction of sp³-hybridized carbons (Fsp3) is 0.809. The molecule has 0 aliphatic rings. The molecular weight excluding hydrogens is 661 g/mol. The maximum Gasteiger partial charge on any atom is 0.306 e. The summed E-state index contributed by atoms with van der Waals surface area (Å²) in [6.45, 7) is 6.48. The van der Waals surface area contributed by atoms with Crippen molar-refractivity contribution < 1.29 is 28.6 Å². The summed E-state index contributed by atoms with van der Waals surface area (Å²) in [4.78, 5) is 37.2. The first-order chi connectivity index (χ1) is 26.0. The molecule has 0 N–H and O–H groups in total. The van der Waals surface area contributed by atoms with Crippen molar-refractivity contribution in [1.29, 1.82) is 0 Å². The van der Waals surface area contributed by atoms with Crippen LogP contribution in [0.25, 0.3) is 0 Å². The summed E-state index contributed by atoms with van der Waals surface area (Å²) < 4.78 is 16.5. The van der Waals surface area contributed by atoms with Crippen molar-refractivity contribution in [2.24, 2.45) is 0 Å². The molecule has 6 nitrogen and oxygen atoms in total. The average molecular weight is 745 g/mol. The zero-order chi connectivity index (χ0) is 38.7. The van der Waals surface area contributed by atoms with Crippen LogP contribution < -0.4 is 0 Å². The Morgan fingerprint density at radius 3 is 1.06 bits per heavy atom. The molecule has 0 radical (unpaired) electrons. The van der Waals surface area contributed by atoms with Crippen LogP contribution in [0.4, 0.5) is 0 Å². The minimum atomic E-state index is -0.764. The van der Waals surface area contributed by atoms with Gasteiger partial charge in [0.2, 0.25) is 0 Å². The number of allylic oxidation sites excluding steroid dienone is 6. The number of ether oxygens (including phenoxy) is 3. The molecule has 53 heavy (non-hydrogen) atoms. The van der Waals surface area contributed by atoms with E-state index < -0.39 is 6.10 Å². The van der Waals surface area contributed by atoms with Crippen LogP contribution in [0, 0.1) is 0 Å². The second-order valence-electron chi connectivity index (χ2n) is 15.0. The Kier molecular flexibility index (Phi) is 40.5. The van der Waals surface area contributed by atoms with Crippen molar-refractivity contribution in [3.63, 3.8) is 0 Å². The lowest BCUT2D eigenvalue weighted by Crippen LogP contribution is -2.30. The summed E-state index contributed by atoms with van der Waals surface area (Å²) in [5, 5.41) is 0. The topological polar surface area (TPSA) is 78.9 Å². The van der Waals surface area contributed by atoms with Gasteiger partial charge in [0.1, 0.15) is 13.2 Å². The standard InChI is InChI=1S/C47H84O6/c1-4-7-10-13-15-16-17-18-19-20-21-22-23-24-25-26-27-28-29-30-32-34-37-40-46(49)52-43-44(42-51-45(48)39-36-33-12-9-6-3)53-47(50)41-38-35-31-14-11-8-5-2/h17-18,20-21,23-24,44H,4-16,19,22,25-43H2,1-3H3/b18-17-,21-20-,24-23-. The third-order valence-electron chi connectivity index (χ3n) is 9.65. The van der Waals surface area contributed by atoms with Crippen LogP contribution in [-0.4, -0.2) is 37.2 Å². The highest BCUT2D eigenvalue weighted by atomic mass is 16.6. The molecule has 0 rings (SSSR count). The molecule has 0 aromatic carbocycles. The van der Waals surface area contributed by atoms with Crippen LogP contribution >= 0.6 is 0 Å². The molecule has 308 valence electrons. The number of carbonyl (C=O) groups excluding carboxylic acids is 3. The Balaban J connectivity index is 4.05. The summed E-state index contributed by atoms with van der Waals surface area (Å²) in [5.74, 6) is -0.903. The maximum absolute atomic E-state index is 12.5. The van der Waals surface area contributed by atoms with E-state index in [0.29, 0.717) is 19.3 Å². The number of rotatable bonds is 40. The molecule has 0 bridgehead atoms. The quantitative estimate of drug-likeness (QED) is 0.0269. The fourth-order valence-corrected chi connectivity index (χ4v) is 6.21. The highest BCUT2D eigenvalue weighted by molar-refractivity contribution is 5.71. The number of hydrogen-bond acceptors (Lipinski definition) is 6. The molecule has 6 heteroatoms. The van der Waals surface area contributed by atoms with E-state index >= 15 is 0 Å². The van der Waals surface area contributed by atoms with Crippen LogP contribution in [-0.2, 0) is 28.6 Å². The second kappa shape index (κ2) is 42.4. The highest BCUT2D eigenvalue weighted by Crippen LogP contribution is 2.13. The first-order valence-electron chi connectivity index (χ1n) is 22.5. The van der Waals surface area contributed by atoms with E-state index in [2.05, 4.69) is 57.2 Å². The molecule has 0 saturated heterocycles. The van der Waals surface area contributed by atoms with Gasteiger partial charge in [0.25, 0.3) is 0 Å². The Bertz CT molecular complexity index is 907. The first-order valence-corrected chi connectivity index (χ1v) is 22.5. The summed E-state index contributed by atoms with van der Waals surface area (Å²) in [7, 11) is 0. The molecule has 0 fully saturated rings. The van der Waals surface area contributed by atoms with Gasteiger partial charge in [0.15, 0.2) is 6.10 Å². The predicted molar refractivity (Wildman–Crippen MR) is 224 cm³/mol. The van der Waals surface area contributed by atoms with Crippen LogP contribution in [0.2, 0.25) is 0 Å². The number of unbranched alkanes of at least 4 members (excludes halogenated alkanes) is 23. The Hall–Kier alpha value is -2.37. The van der Waals surface area contributed by atoms with Gasteiger partial charge in [-0.05, 0) is 57.8 Å². The van der Waals surface area contributed by atoms with Gasteiger partial charge < -0.3 is 14.2 Å². The highest BCUT2D eigenvalue weighted by Gasteiger charge is 2.19. The molecule has 0 aliphatic heterocycles. The molecule has 0 heterocycles. The van der Waals surface area contributed by atoms with Gasteiger partial charge in [-0.15, -0.1) is 0 Å². The Morgan fingerprint density at radius 2 is 0.679 bits per heavy atom. The van der Waals surface area contributed by atoms with Crippen LogP contribution in [0.1, 0.15) is 226 Å². The zero-order valence-electron chi connectivity index (χ0n) is 35.0. The van der Waals surface area contributed by atoms with Gasteiger partial charge in [0.05, 0.1) is 0 Å². The van der Waals surface area contributed by atoms with Crippen molar-refractivity contribution in [3.05, 3.63) is 36.5 Å². The van der Waals surface area contributed by atoms with Crippen LogP contribution in [0.5, 0.6) is 0 Å². The molecule has 0 aliphatic carbocycles. The molecule has 0 aromatic heterocycles. The molecular formula is C47H84O6. The van der Waals surface area contributed by atoms with Gasteiger partial charge in [-0.1, -0.05) is 186 Å². The van der Waals surface area contributed by atoms with E-state index in [9.17, 15) is 14.4 Å². The molecule has 0 spiro atoms. The van der Waals surface area contributed by atoms with E-state index in [1.807, 2.05) is 0 Å². The average Bonchev–Trinajstić information content (AvgIpc) is 3.15. The van der Waals surface area contributed by atoms with Crippen LogP contribution in [0.3, 0.4) is 0 Å². The van der Waals surface area contributed by atoms with Crippen molar-refractivity contribution >= 4 is 17.9 Å². The van der Waals surface area contributed by atoms with Crippen molar-refractivity contribution in [2.45, 2.75) is 232 Å². The maximum atomic E-state index is 12.5. The van der Waals surface area contributed by atoms with Gasteiger partial charge >= 0.3 is 17.9 Å². The minimum Gasteiger partial charge on any atom is -0.462 e. The Morgan fingerprint density at radius 1 is 0.377 bits per heavy atom. The SMILES string of the molecule is CCCCCCC/C=C\C/C=C\C/C=C\CCCCCCCCCCC(=O)OCC(COC(=O)CCCCCCC)OC(=O)CCCCCCCCC. The normalized spacial score (nSPS) is 12.3. The van der Waals surface area contributed by atoms with Gasteiger partial charge in [-0.25, -0.2) is 0 Å². The summed E-state index contributed by atoms with van der Waals surface area (Å²) >= 11 is 0. The third-order valence-corrected chi connectivity index (χ3v) is 9.65. The summed E-state index contributed by atoms with van der Waals surface area (Å²) in [6.07, 6.45) is 47.5. The Labute approximate surface area is 327 Å². The second-order valence-corrected chi connectivity index (χ2v) is 15.0. The van der Waals surface area contributed by atoms with Gasteiger partial charge in [-0.3, -0.25) is 14.4 Å². The summed E-state index contributed by atoms with van der Waals surface area (Å²) in [5.41, 5.74) is 0. The largest absolute Gasteiger partial charge is 0.462 e. The summed E-state index contributed by atoms with van der Waals surface area (Å²) in [6, 6.07) is 0. The van der Waals surface area contributed by atoms with E-state index in [1.165, 1.54) is 103 Å². The smallest absolute Gasteiger partial charge is 0.306 e. The molecule has 0 aromatic rings.